The van der Waals surface area contributed by atoms with Gasteiger partial charge in [0.1, 0.15) is 0 Å². The summed E-state index contributed by atoms with van der Waals surface area (Å²) < 4.78 is 7.48. The highest BCUT2D eigenvalue weighted by Gasteiger charge is 2.15. The average Bonchev–Trinajstić information content (AvgIpc) is 3.26. The SMILES string of the molecule is CCc1ccc2nc(NC(=O)CCCn3c(=O)oc4cc([N+](=O)[O-])ccc43)sc2c1. The maximum absolute atomic E-state index is 12.3. The molecule has 4 aromatic rings. The number of thiazole rings is 1. The van der Waals surface area contributed by atoms with Crippen LogP contribution in [-0.4, -0.2) is 20.4 Å². The fraction of sp³-hybridized carbons (Fsp3) is 0.250. The maximum atomic E-state index is 12.3. The number of hydrogen-bond acceptors (Lipinski definition) is 7. The number of anilines is 1. The van der Waals surface area contributed by atoms with Gasteiger partial charge in [0.2, 0.25) is 5.91 Å². The first-order chi connectivity index (χ1) is 14.4. The van der Waals surface area contributed by atoms with Crippen LogP contribution < -0.4 is 11.1 Å². The summed E-state index contributed by atoms with van der Waals surface area (Å²) in [7, 11) is 0. The van der Waals surface area contributed by atoms with Crippen molar-refractivity contribution in [2.75, 3.05) is 5.32 Å². The van der Waals surface area contributed by atoms with E-state index >= 15 is 0 Å². The smallest absolute Gasteiger partial charge is 0.407 e. The number of nitro groups is 1. The Morgan fingerprint density at radius 3 is 2.90 bits per heavy atom. The van der Waals surface area contributed by atoms with Gasteiger partial charge in [-0.2, -0.15) is 0 Å². The highest BCUT2D eigenvalue weighted by Crippen LogP contribution is 2.27. The second kappa shape index (κ2) is 8.07. The number of non-ortho nitro benzene ring substituents is 1. The summed E-state index contributed by atoms with van der Waals surface area (Å²) in [5.74, 6) is -0.801. The van der Waals surface area contributed by atoms with E-state index in [-0.39, 0.29) is 30.1 Å². The first-order valence-electron chi connectivity index (χ1n) is 9.41. The topological polar surface area (TPSA) is 120 Å². The van der Waals surface area contributed by atoms with Gasteiger partial charge in [0.15, 0.2) is 10.7 Å². The zero-order valence-electron chi connectivity index (χ0n) is 16.1. The molecule has 4 rings (SSSR count). The van der Waals surface area contributed by atoms with Gasteiger partial charge < -0.3 is 9.73 Å². The molecule has 0 radical (unpaired) electrons. The van der Waals surface area contributed by atoms with E-state index in [0.29, 0.717) is 17.1 Å². The molecule has 0 spiro atoms. The number of aromatic nitrogens is 2. The molecule has 0 bridgehead atoms. The third-order valence-corrected chi connectivity index (χ3v) is 5.69. The Bertz CT molecular complexity index is 1320. The van der Waals surface area contributed by atoms with Gasteiger partial charge in [-0.25, -0.2) is 9.78 Å². The predicted octanol–water partition coefficient (Wildman–Crippen LogP) is 4.09. The monoisotopic (exact) mass is 426 g/mol. The van der Waals surface area contributed by atoms with Gasteiger partial charge in [-0.1, -0.05) is 24.3 Å². The Kier molecular flexibility index (Phi) is 5.32. The highest BCUT2D eigenvalue weighted by atomic mass is 32.1. The van der Waals surface area contributed by atoms with Crippen LogP contribution in [0.4, 0.5) is 10.8 Å². The predicted molar refractivity (Wildman–Crippen MR) is 114 cm³/mol. The number of carbonyl (C=O) groups excluding carboxylic acids is 1. The number of fused-ring (bicyclic) bond motifs is 2. The molecular weight excluding hydrogens is 408 g/mol. The van der Waals surface area contributed by atoms with Crippen LogP contribution in [0.15, 0.2) is 45.6 Å². The molecule has 10 heteroatoms. The minimum Gasteiger partial charge on any atom is -0.407 e. The Balaban J connectivity index is 1.39. The Labute approximate surface area is 174 Å². The van der Waals surface area contributed by atoms with Gasteiger partial charge in [-0.15, -0.1) is 0 Å². The molecule has 0 unspecified atom stereocenters. The number of amides is 1. The Hall–Kier alpha value is -3.53. The van der Waals surface area contributed by atoms with Gasteiger partial charge in [-0.05, 0) is 36.6 Å². The average molecular weight is 426 g/mol. The molecule has 9 nitrogen and oxygen atoms in total. The van der Waals surface area contributed by atoms with Crippen molar-refractivity contribution in [3.8, 4) is 0 Å². The van der Waals surface area contributed by atoms with Gasteiger partial charge in [-0.3, -0.25) is 19.5 Å². The Morgan fingerprint density at radius 2 is 2.13 bits per heavy atom. The van der Waals surface area contributed by atoms with Crippen molar-refractivity contribution in [2.24, 2.45) is 0 Å². The number of rotatable bonds is 7. The summed E-state index contributed by atoms with van der Waals surface area (Å²) in [4.78, 5) is 39.1. The second-order valence-electron chi connectivity index (χ2n) is 6.76. The molecule has 0 aliphatic rings. The van der Waals surface area contributed by atoms with E-state index in [1.165, 1.54) is 39.7 Å². The molecular formula is C20H18N4O5S. The number of benzene rings is 2. The van der Waals surface area contributed by atoms with Gasteiger partial charge in [0, 0.05) is 19.0 Å². The largest absolute Gasteiger partial charge is 0.419 e. The lowest BCUT2D eigenvalue weighted by molar-refractivity contribution is -0.384. The summed E-state index contributed by atoms with van der Waals surface area (Å²) in [6.07, 6.45) is 1.54. The molecule has 1 amide bonds. The van der Waals surface area contributed by atoms with Crippen LogP contribution in [0.2, 0.25) is 0 Å². The lowest BCUT2D eigenvalue weighted by atomic mass is 10.2. The molecule has 1 N–H and O–H groups in total. The van der Waals surface area contributed by atoms with Crippen molar-refractivity contribution in [3.63, 3.8) is 0 Å². The number of nitrogens with zero attached hydrogens (tertiary/aromatic N) is 3. The van der Waals surface area contributed by atoms with Crippen molar-refractivity contribution >= 4 is 49.4 Å². The lowest BCUT2D eigenvalue weighted by Crippen LogP contribution is -2.17. The molecule has 0 saturated carbocycles. The third kappa shape index (κ3) is 3.94. The van der Waals surface area contributed by atoms with E-state index < -0.39 is 10.7 Å². The summed E-state index contributed by atoms with van der Waals surface area (Å²) in [6, 6.07) is 10.1. The maximum Gasteiger partial charge on any atom is 0.419 e. The van der Waals surface area contributed by atoms with E-state index in [9.17, 15) is 19.7 Å². The number of nitro benzene ring substituents is 1. The first-order valence-corrected chi connectivity index (χ1v) is 10.2. The van der Waals surface area contributed by atoms with Crippen molar-refractivity contribution < 1.29 is 14.1 Å². The normalized spacial score (nSPS) is 11.2. The molecule has 0 saturated heterocycles. The van der Waals surface area contributed by atoms with E-state index in [2.05, 4.69) is 23.3 Å². The molecule has 2 aromatic heterocycles. The fourth-order valence-corrected chi connectivity index (χ4v) is 4.15. The van der Waals surface area contributed by atoms with Crippen LogP contribution >= 0.6 is 11.3 Å². The van der Waals surface area contributed by atoms with Gasteiger partial charge in [0.25, 0.3) is 5.69 Å². The van der Waals surface area contributed by atoms with Crippen LogP contribution in [0.3, 0.4) is 0 Å². The van der Waals surface area contributed by atoms with Crippen molar-refractivity contribution in [2.45, 2.75) is 32.7 Å². The number of hydrogen-bond donors (Lipinski definition) is 1. The van der Waals surface area contributed by atoms with Crippen LogP contribution in [0, 0.1) is 10.1 Å². The fourth-order valence-electron chi connectivity index (χ4n) is 3.20. The van der Waals surface area contributed by atoms with E-state index in [1.807, 2.05) is 12.1 Å². The molecule has 0 aliphatic heterocycles. The zero-order valence-corrected chi connectivity index (χ0v) is 16.9. The molecule has 0 fully saturated rings. The van der Waals surface area contributed by atoms with E-state index in [1.54, 1.807) is 0 Å². The van der Waals surface area contributed by atoms with E-state index in [4.69, 9.17) is 4.42 Å². The quantitative estimate of drug-likeness (QED) is 0.351. The summed E-state index contributed by atoms with van der Waals surface area (Å²) in [5, 5.41) is 14.2. The molecule has 0 atom stereocenters. The van der Waals surface area contributed by atoms with Crippen LogP contribution in [0.25, 0.3) is 21.3 Å². The number of carbonyl (C=O) groups is 1. The van der Waals surface area contributed by atoms with Gasteiger partial charge >= 0.3 is 5.76 Å². The Morgan fingerprint density at radius 1 is 1.30 bits per heavy atom. The highest BCUT2D eigenvalue weighted by molar-refractivity contribution is 7.22. The number of nitrogens with one attached hydrogen (secondary N) is 1. The van der Waals surface area contributed by atoms with Crippen LogP contribution in [0.5, 0.6) is 0 Å². The molecule has 30 heavy (non-hydrogen) atoms. The van der Waals surface area contributed by atoms with Gasteiger partial charge in [0.05, 0.1) is 26.7 Å². The molecule has 2 aromatic carbocycles. The third-order valence-electron chi connectivity index (χ3n) is 4.76. The molecule has 2 heterocycles. The van der Waals surface area contributed by atoms with E-state index in [0.717, 1.165) is 16.6 Å². The van der Waals surface area contributed by atoms with Crippen molar-refractivity contribution in [1.29, 1.82) is 0 Å². The van der Waals surface area contributed by atoms with Crippen molar-refractivity contribution in [3.05, 3.63) is 62.6 Å². The van der Waals surface area contributed by atoms with Crippen LogP contribution in [0.1, 0.15) is 25.3 Å². The lowest BCUT2D eigenvalue weighted by Gasteiger charge is -2.03. The second-order valence-corrected chi connectivity index (χ2v) is 7.79. The minimum absolute atomic E-state index is 0.148. The minimum atomic E-state index is -0.608. The summed E-state index contributed by atoms with van der Waals surface area (Å²) >= 11 is 1.43. The summed E-state index contributed by atoms with van der Waals surface area (Å²) in [5.41, 5.74) is 2.53. The molecule has 154 valence electrons. The standard InChI is InChI=1S/C20H18N4O5S/c1-2-12-5-7-14-17(10-12)30-19(21-14)22-18(25)4-3-9-23-15-8-6-13(24(27)28)11-16(15)29-20(23)26/h5-8,10-11H,2-4,9H2,1H3,(H,21,22,25). The number of oxazole rings is 1. The van der Waals surface area contributed by atoms with Crippen molar-refractivity contribution in [1.82, 2.24) is 9.55 Å². The zero-order chi connectivity index (χ0) is 21.3. The van der Waals surface area contributed by atoms with Crippen LogP contribution in [-0.2, 0) is 17.8 Å². The summed E-state index contributed by atoms with van der Waals surface area (Å²) in [6.45, 7) is 2.34. The number of aryl methyl sites for hydroxylation is 2. The molecule has 0 aliphatic carbocycles. The first kappa shape index (κ1) is 19.8.